The first-order chi connectivity index (χ1) is 9.33. The van der Waals surface area contributed by atoms with Gasteiger partial charge in [-0.15, -0.1) is 0 Å². The molecular formula is C16H27N3. The van der Waals surface area contributed by atoms with E-state index >= 15 is 0 Å². The van der Waals surface area contributed by atoms with E-state index in [4.69, 9.17) is 5.73 Å². The van der Waals surface area contributed by atoms with Crippen LogP contribution in [-0.4, -0.2) is 44.2 Å². The summed E-state index contributed by atoms with van der Waals surface area (Å²) in [6.07, 6.45) is 3.77. The van der Waals surface area contributed by atoms with Gasteiger partial charge in [-0.3, -0.25) is 4.90 Å². The second kappa shape index (κ2) is 7.51. The normalized spacial score (nSPS) is 16.8. The van der Waals surface area contributed by atoms with Crippen LogP contribution in [0.1, 0.15) is 25.3 Å². The molecule has 1 aliphatic rings. The lowest BCUT2D eigenvalue weighted by molar-refractivity contribution is 0.265. The summed E-state index contributed by atoms with van der Waals surface area (Å²) in [5.74, 6) is 0. The van der Waals surface area contributed by atoms with Gasteiger partial charge in [0, 0.05) is 45.0 Å². The Hall–Kier alpha value is -1.06. The number of anilines is 1. The zero-order valence-corrected chi connectivity index (χ0v) is 12.1. The number of piperazine rings is 1. The number of hydrogen-bond acceptors (Lipinski definition) is 3. The Balaban J connectivity index is 1.85. The third kappa shape index (κ3) is 4.22. The molecule has 0 aliphatic carbocycles. The van der Waals surface area contributed by atoms with E-state index in [1.165, 1.54) is 30.5 Å². The van der Waals surface area contributed by atoms with Gasteiger partial charge in [0.05, 0.1) is 0 Å². The van der Waals surface area contributed by atoms with Gasteiger partial charge in [0.1, 0.15) is 0 Å². The SMILES string of the molecule is CCCCc1ccc(N2CCN(CCN)CC2)cc1. The summed E-state index contributed by atoms with van der Waals surface area (Å²) in [4.78, 5) is 4.93. The maximum atomic E-state index is 5.61. The van der Waals surface area contributed by atoms with Gasteiger partial charge >= 0.3 is 0 Å². The molecule has 1 fully saturated rings. The highest BCUT2D eigenvalue weighted by Gasteiger charge is 2.16. The van der Waals surface area contributed by atoms with Crippen molar-refractivity contribution in [3.63, 3.8) is 0 Å². The molecule has 1 saturated heterocycles. The molecule has 0 bridgehead atoms. The van der Waals surface area contributed by atoms with Crippen LogP contribution >= 0.6 is 0 Å². The fourth-order valence-electron chi connectivity index (χ4n) is 2.67. The van der Waals surface area contributed by atoms with Crippen LogP contribution in [0.2, 0.25) is 0 Å². The summed E-state index contributed by atoms with van der Waals surface area (Å²) in [5, 5.41) is 0. The number of nitrogens with two attached hydrogens (primary N) is 1. The first kappa shape index (κ1) is 14.4. The summed E-state index contributed by atoms with van der Waals surface area (Å²) >= 11 is 0. The molecule has 0 unspecified atom stereocenters. The second-order valence-corrected chi connectivity index (χ2v) is 5.39. The smallest absolute Gasteiger partial charge is 0.0367 e. The van der Waals surface area contributed by atoms with E-state index in [0.717, 1.165) is 39.3 Å². The minimum Gasteiger partial charge on any atom is -0.369 e. The minimum atomic E-state index is 0.770. The van der Waals surface area contributed by atoms with Gasteiger partial charge in [-0.25, -0.2) is 0 Å². The molecule has 3 heteroatoms. The van der Waals surface area contributed by atoms with Crippen molar-refractivity contribution in [2.24, 2.45) is 5.73 Å². The van der Waals surface area contributed by atoms with Crippen molar-refractivity contribution < 1.29 is 0 Å². The fourth-order valence-corrected chi connectivity index (χ4v) is 2.67. The molecule has 0 spiro atoms. The van der Waals surface area contributed by atoms with E-state index in [9.17, 15) is 0 Å². The van der Waals surface area contributed by atoms with Crippen molar-refractivity contribution >= 4 is 5.69 Å². The average molecular weight is 261 g/mol. The summed E-state index contributed by atoms with van der Waals surface area (Å²) in [5.41, 5.74) is 8.44. The van der Waals surface area contributed by atoms with Crippen molar-refractivity contribution in [3.05, 3.63) is 29.8 Å². The lowest BCUT2D eigenvalue weighted by Crippen LogP contribution is -2.47. The van der Waals surface area contributed by atoms with Crippen LogP contribution < -0.4 is 10.6 Å². The summed E-state index contributed by atoms with van der Waals surface area (Å²) in [6, 6.07) is 9.14. The van der Waals surface area contributed by atoms with Crippen LogP contribution in [0.3, 0.4) is 0 Å². The van der Waals surface area contributed by atoms with E-state index in [1.54, 1.807) is 0 Å². The number of nitrogens with zero attached hydrogens (tertiary/aromatic N) is 2. The zero-order chi connectivity index (χ0) is 13.5. The zero-order valence-electron chi connectivity index (χ0n) is 12.1. The van der Waals surface area contributed by atoms with Crippen molar-refractivity contribution in [3.8, 4) is 0 Å². The summed E-state index contributed by atoms with van der Waals surface area (Å²) in [6.45, 7) is 8.55. The molecular weight excluding hydrogens is 234 g/mol. The highest BCUT2D eigenvalue weighted by Crippen LogP contribution is 2.18. The first-order valence-electron chi connectivity index (χ1n) is 7.60. The quantitative estimate of drug-likeness (QED) is 0.851. The molecule has 0 atom stereocenters. The van der Waals surface area contributed by atoms with Gasteiger partial charge < -0.3 is 10.6 Å². The topological polar surface area (TPSA) is 32.5 Å². The van der Waals surface area contributed by atoms with Crippen LogP contribution in [0.5, 0.6) is 0 Å². The van der Waals surface area contributed by atoms with E-state index in [1.807, 2.05) is 0 Å². The summed E-state index contributed by atoms with van der Waals surface area (Å²) < 4.78 is 0. The van der Waals surface area contributed by atoms with Crippen LogP contribution in [0.15, 0.2) is 24.3 Å². The Morgan fingerprint density at radius 1 is 1.05 bits per heavy atom. The fraction of sp³-hybridized carbons (Fsp3) is 0.625. The predicted octanol–water partition coefficient (Wildman–Crippen LogP) is 2.11. The lowest BCUT2D eigenvalue weighted by atomic mass is 10.1. The van der Waals surface area contributed by atoms with Gasteiger partial charge in [0.15, 0.2) is 0 Å². The number of benzene rings is 1. The number of unbranched alkanes of at least 4 members (excludes halogenated alkanes) is 1. The highest BCUT2D eigenvalue weighted by molar-refractivity contribution is 5.48. The van der Waals surface area contributed by atoms with Crippen LogP contribution in [0.25, 0.3) is 0 Å². The molecule has 2 N–H and O–H groups in total. The largest absolute Gasteiger partial charge is 0.369 e. The van der Waals surface area contributed by atoms with E-state index in [2.05, 4.69) is 41.0 Å². The molecule has 1 aliphatic heterocycles. The maximum absolute atomic E-state index is 5.61. The molecule has 0 saturated carbocycles. The van der Waals surface area contributed by atoms with E-state index in [-0.39, 0.29) is 0 Å². The molecule has 0 aromatic heterocycles. The first-order valence-corrected chi connectivity index (χ1v) is 7.60. The van der Waals surface area contributed by atoms with Crippen molar-refractivity contribution in [1.82, 2.24) is 4.90 Å². The molecule has 0 amide bonds. The number of hydrogen-bond donors (Lipinski definition) is 1. The van der Waals surface area contributed by atoms with E-state index in [0.29, 0.717) is 0 Å². The Morgan fingerprint density at radius 3 is 2.32 bits per heavy atom. The summed E-state index contributed by atoms with van der Waals surface area (Å²) in [7, 11) is 0. The van der Waals surface area contributed by atoms with Gasteiger partial charge in [-0.2, -0.15) is 0 Å². The third-order valence-corrected chi connectivity index (χ3v) is 3.94. The average Bonchev–Trinajstić information content (AvgIpc) is 2.47. The maximum Gasteiger partial charge on any atom is 0.0367 e. The molecule has 106 valence electrons. The Labute approximate surface area is 117 Å². The van der Waals surface area contributed by atoms with Crippen molar-refractivity contribution in [2.75, 3.05) is 44.2 Å². The molecule has 3 nitrogen and oxygen atoms in total. The molecule has 19 heavy (non-hydrogen) atoms. The molecule has 0 radical (unpaired) electrons. The van der Waals surface area contributed by atoms with E-state index < -0.39 is 0 Å². The second-order valence-electron chi connectivity index (χ2n) is 5.39. The molecule has 1 aromatic rings. The molecule has 1 aromatic carbocycles. The van der Waals surface area contributed by atoms with Gasteiger partial charge in [-0.05, 0) is 30.5 Å². The monoisotopic (exact) mass is 261 g/mol. The van der Waals surface area contributed by atoms with Crippen LogP contribution in [0, 0.1) is 0 Å². The Kier molecular flexibility index (Phi) is 5.67. The highest BCUT2D eigenvalue weighted by atomic mass is 15.3. The van der Waals surface area contributed by atoms with Crippen LogP contribution in [0.4, 0.5) is 5.69 Å². The van der Waals surface area contributed by atoms with Crippen molar-refractivity contribution in [1.29, 1.82) is 0 Å². The Morgan fingerprint density at radius 2 is 1.74 bits per heavy atom. The van der Waals surface area contributed by atoms with Crippen LogP contribution in [-0.2, 0) is 6.42 Å². The van der Waals surface area contributed by atoms with Gasteiger partial charge in [-0.1, -0.05) is 25.5 Å². The Bertz CT molecular complexity index is 353. The number of aryl methyl sites for hydroxylation is 1. The van der Waals surface area contributed by atoms with Gasteiger partial charge in [0.25, 0.3) is 0 Å². The minimum absolute atomic E-state index is 0.770. The van der Waals surface area contributed by atoms with Gasteiger partial charge in [0.2, 0.25) is 0 Å². The molecule has 1 heterocycles. The molecule has 2 rings (SSSR count). The standard InChI is InChI=1S/C16H27N3/c1-2-3-4-15-5-7-16(8-6-15)19-13-11-18(10-9-17)12-14-19/h5-8H,2-4,9-14,17H2,1H3. The predicted molar refractivity (Wildman–Crippen MR) is 82.8 cm³/mol. The number of rotatable bonds is 6. The lowest BCUT2D eigenvalue weighted by Gasteiger charge is -2.36. The third-order valence-electron chi connectivity index (χ3n) is 3.94. The van der Waals surface area contributed by atoms with Crippen molar-refractivity contribution in [2.45, 2.75) is 26.2 Å².